The summed E-state index contributed by atoms with van der Waals surface area (Å²) >= 11 is 0. The quantitative estimate of drug-likeness (QED) is 0.0274. The molecule has 24 N–H and O–H groups in total. The highest BCUT2D eigenvalue weighted by Crippen LogP contribution is 2.45. The molecule has 0 spiro atoms. The van der Waals surface area contributed by atoms with Crippen molar-refractivity contribution >= 4 is 120 Å². The van der Waals surface area contributed by atoms with Crippen molar-refractivity contribution < 1.29 is 166 Å². The van der Waals surface area contributed by atoms with E-state index >= 15 is 0 Å². The van der Waals surface area contributed by atoms with Crippen molar-refractivity contribution in [3.05, 3.63) is 50.2 Å². The fourth-order valence-electron chi connectivity index (χ4n) is 9.86. The summed E-state index contributed by atoms with van der Waals surface area (Å²) < 4.78 is 22.2. The van der Waals surface area contributed by atoms with E-state index in [9.17, 15) is 162 Å². The van der Waals surface area contributed by atoms with Crippen LogP contribution in [0.4, 0.5) is 11.5 Å². The molecular formula is C59H80N11O36P. The Morgan fingerprint density at radius 1 is 0.467 bits per heavy atom. The van der Waals surface area contributed by atoms with Crippen molar-refractivity contribution in [3.8, 4) is 5.75 Å². The molecule has 1 aliphatic heterocycles. The van der Waals surface area contributed by atoms with Gasteiger partial charge in [0.2, 0.25) is 47.3 Å². The van der Waals surface area contributed by atoms with Crippen LogP contribution in [0.2, 0.25) is 0 Å². The summed E-state index contributed by atoms with van der Waals surface area (Å²) in [5.74, 6) is -24.8. The van der Waals surface area contributed by atoms with Crippen LogP contribution in [-0.4, -0.2) is 268 Å². The van der Waals surface area contributed by atoms with E-state index in [0.29, 0.717) is 5.56 Å². The predicted octanol–water partition coefficient (Wildman–Crippen LogP) is -6.70. The molecule has 592 valence electrons. The number of carboxylic acids is 9. The summed E-state index contributed by atoms with van der Waals surface area (Å²) in [6.07, 6.45) is -20.1. The molecule has 48 heteroatoms. The van der Waals surface area contributed by atoms with Gasteiger partial charge in [0.25, 0.3) is 5.56 Å². The lowest BCUT2D eigenvalue weighted by molar-refractivity contribution is -0.144. The van der Waals surface area contributed by atoms with Crippen LogP contribution >= 0.6 is 7.82 Å². The summed E-state index contributed by atoms with van der Waals surface area (Å²) in [7, 11) is -5.41. The highest BCUT2D eigenvalue weighted by Gasteiger charge is 2.38. The molecule has 0 saturated heterocycles. The van der Waals surface area contributed by atoms with Crippen molar-refractivity contribution in [2.45, 2.75) is 189 Å². The zero-order valence-electron chi connectivity index (χ0n) is 56.2. The number of phenolic OH excluding ortho intramolecular Hbond substituents is 1. The lowest BCUT2D eigenvalue weighted by Crippen LogP contribution is -2.47. The van der Waals surface area contributed by atoms with E-state index in [2.05, 4.69) is 14.5 Å². The van der Waals surface area contributed by atoms with E-state index in [1.165, 1.54) is 18.2 Å². The number of amides is 8. The molecule has 1 aliphatic rings. The van der Waals surface area contributed by atoms with Gasteiger partial charge in [0.05, 0.1) is 18.7 Å². The maximum absolute atomic E-state index is 12.9. The van der Waals surface area contributed by atoms with Crippen molar-refractivity contribution in [2.24, 2.45) is 0 Å². The SMILES string of the molecule is C[C@H](OP(=O)(O)OC[C@@H](O)[C@@H](O)[C@@H](O)CN1c2cc(O)ccc2Cc2c1[nH]c(=O)[nH]c2=O)C(=O)N[C@@H](CCC(=O)N[C@@H](CCC(=O)N[C@@H](CCC(=O)N[C@@H](CCC(=O)N[C@@H](CCC(=O)N[C@@H](CCC(=O)N[C@@H](CCC(=O)N[C@@H](CCC(=O)O)C(=O)O)C(=O)O)C(=O)O)C(=O)O)C(=O)O)C(=O)O)C(=O)O)C(=O)O. The van der Waals surface area contributed by atoms with Crippen LogP contribution in [0.15, 0.2) is 27.8 Å². The Hall–Kier alpha value is -11.5. The van der Waals surface area contributed by atoms with E-state index < -0.39 is 309 Å². The molecule has 0 aliphatic carbocycles. The van der Waals surface area contributed by atoms with Gasteiger partial charge in [-0.2, -0.15) is 0 Å². The minimum Gasteiger partial charge on any atom is -0.508 e. The molecule has 13 atom stereocenters. The molecule has 107 heavy (non-hydrogen) atoms. The topological polar surface area (TPSA) is 774 Å². The van der Waals surface area contributed by atoms with Gasteiger partial charge in [-0.1, -0.05) is 6.07 Å². The van der Waals surface area contributed by atoms with Gasteiger partial charge < -0.3 is 119 Å². The first-order chi connectivity index (χ1) is 49.9. The van der Waals surface area contributed by atoms with Gasteiger partial charge in [0, 0.05) is 69.5 Å². The first-order valence-corrected chi connectivity index (χ1v) is 33.4. The average Bonchev–Trinajstić information content (AvgIpc) is 0.758. The number of fused-ring (bicyclic) bond motifs is 2. The number of phosphoric ester groups is 1. The summed E-state index contributed by atoms with van der Waals surface area (Å²) in [4.78, 5) is 248. The number of rotatable bonds is 50. The Morgan fingerprint density at radius 2 is 0.776 bits per heavy atom. The molecular weight excluding hydrogens is 1470 g/mol. The van der Waals surface area contributed by atoms with E-state index in [4.69, 9.17) is 9.63 Å². The van der Waals surface area contributed by atoms with Crippen LogP contribution in [-0.2, 0) is 102 Å². The number of aliphatic carboxylic acids is 9. The molecule has 0 fully saturated rings. The number of carboxylic acid groups (broad SMARTS) is 9. The minimum atomic E-state index is -5.41. The van der Waals surface area contributed by atoms with Gasteiger partial charge >= 0.3 is 67.2 Å². The second kappa shape index (κ2) is 42.4. The van der Waals surface area contributed by atoms with Crippen molar-refractivity contribution in [2.75, 3.05) is 18.1 Å². The Morgan fingerprint density at radius 3 is 1.08 bits per heavy atom. The molecule has 0 saturated carbocycles. The minimum absolute atomic E-state index is 0.0273. The molecule has 0 radical (unpaired) electrons. The number of aromatic amines is 2. The van der Waals surface area contributed by atoms with E-state index in [0.717, 1.165) is 11.8 Å². The number of benzene rings is 1. The van der Waals surface area contributed by atoms with Crippen LogP contribution in [0.5, 0.6) is 5.75 Å². The molecule has 3 rings (SSSR count). The van der Waals surface area contributed by atoms with Crippen molar-refractivity contribution in [1.82, 2.24) is 52.5 Å². The van der Waals surface area contributed by atoms with Crippen molar-refractivity contribution in [3.63, 3.8) is 0 Å². The number of nitrogens with one attached hydrogen (secondary N) is 10. The van der Waals surface area contributed by atoms with Crippen LogP contribution in [0, 0.1) is 0 Å². The van der Waals surface area contributed by atoms with E-state index in [1.807, 2.05) is 42.5 Å². The number of carbonyl (C=O) groups excluding carboxylic acids is 8. The lowest BCUT2D eigenvalue weighted by Gasteiger charge is -2.35. The van der Waals surface area contributed by atoms with E-state index in [1.54, 1.807) is 0 Å². The molecule has 8 amide bonds. The number of β-amino-alcohol motifs (C(OH)–C–C–N with tert-alkyl or cyclic N) is 1. The molecule has 1 unspecified atom stereocenters. The highest BCUT2D eigenvalue weighted by molar-refractivity contribution is 7.47. The van der Waals surface area contributed by atoms with Crippen LogP contribution in [0.3, 0.4) is 0 Å². The number of aliphatic hydroxyl groups is 3. The number of nitrogens with zero attached hydrogens (tertiary/aromatic N) is 1. The van der Waals surface area contributed by atoms with Gasteiger partial charge in [-0.05, 0) is 69.9 Å². The van der Waals surface area contributed by atoms with Gasteiger partial charge in [-0.25, -0.2) is 47.7 Å². The van der Waals surface area contributed by atoms with Gasteiger partial charge in [-0.3, -0.25) is 67.0 Å². The Balaban J connectivity index is 1.44. The number of aromatic nitrogens is 2. The first kappa shape index (κ1) is 89.7. The van der Waals surface area contributed by atoms with Crippen LogP contribution < -0.4 is 58.7 Å². The lowest BCUT2D eigenvalue weighted by atomic mass is 9.97. The first-order valence-electron chi connectivity index (χ1n) is 31.9. The third-order valence-electron chi connectivity index (χ3n) is 15.6. The third kappa shape index (κ3) is 31.4. The largest absolute Gasteiger partial charge is 0.508 e. The van der Waals surface area contributed by atoms with Gasteiger partial charge in [0.1, 0.15) is 84.3 Å². The molecule has 2 heterocycles. The Bertz CT molecular complexity index is 3830. The second-order valence-corrected chi connectivity index (χ2v) is 25.2. The third-order valence-corrected chi connectivity index (χ3v) is 16.6. The number of carbonyl (C=O) groups is 17. The Labute approximate surface area is 600 Å². The zero-order valence-corrected chi connectivity index (χ0v) is 57.1. The number of hydrogen-bond acceptors (Lipinski definition) is 27. The summed E-state index contributed by atoms with van der Waals surface area (Å²) in [6, 6.07) is -10.8. The van der Waals surface area contributed by atoms with Crippen LogP contribution in [0.25, 0.3) is 0 Å². The number of aromatic hydroxyl groups is 1. The fraction of sp³-hybridized carbons (Fsp3) is 0.542. The summed E-state index contributed by atoms with van der Waals surface area (Å²) in [5.41, 5.74) is -1.10. The Kier molecular flexibility index (Phi) is 35.6. The molecule has 47 nitrogen and oxygen atoms in total. The standard InChI is InChI=1S/C59H80N11O36P/c1-24(106-107(103,104)105-23-38(73)47(83)37(72)22-70-36-21-26(71)3-2-25(36)20-27-48(70)68-59(102)69-50(27)85)49(84)67-35(58(100)101)10-18-45(80)65-33(56(96)97)8-16-43(78)63-31(54(92)93)6-14-41(76)61-29(52(88)89)4-12-39(74)60-28(51(86)87)5-13-40(75)62-30(53(90)91)7-15-42(77)64-32(55(94)95)9-17-44(79)66-34(57(98)99)11-19-46(81)82/h2-3,21,24,28-35,37-38,47,71-73,83H,4-20,22-23H2,1H3,(H,60,74)(H,61,76)(H,62,75)(H,63,78)(H,64,77)(H,65,80)(H,66,79)(H,67,84)(H,81,82)(H,86,87)(H,88,89)(H,90,91)(H,92,93)(H,94,95)(H,96,97)(H,98,99)(H,100,101)(H,103,104)(H2,68,69,85,102)/t24-,28-,29-,30-,31-,32-,33-,34-,35-,37-,38+,47-/m0/s1. The molecule has 1 aromatic carbocycles. The fourth-order valence-corrected chi connectivity index (χ4v) is 10.8. The summed E-state index contributed by atoms with van der Waals surface area (Å²) in [6.45, 7) is -1.11. The molecule has 2 aromatic rings. The number of phosphoric acid groups is 1. The molecule has 0 bridgehead atoms. The van der Waals surface area contributed by atoms with Gasteiger partial charge in [0.15, 0.2) is 0 Å². The highest BCUT2D eigenvalue weighted by atomic mass is 31.2. The van der Waals surface area contributed by atoms with Gasteiger partial charge in [-0.15, -0.1) is 0 Å². The second-order valence-electron chi connectivity index (χ2n) is 23.8. The number of anilines is 2. The number of hydrogen-bond donors (Lipinski definition) is 24. The van der Waals surface area contributed by atoms with E-state index in [-0.39, 0.29) is 29.2 Å². The maximum atomic E-state index is 12.9. The average molecular weight is 1550 g/mol. The number of phenols is 1. The predicted molar refractivity (Wildman–Crippen MR) is 348 cm³/mol. The smallest absolute Gasteiger partial charge is 0.473 e. The van der Waals surface area contributed by atoms with Crippen molar-refractivity contribution in [1.29, 1.82) is 0 Å². The number of H-pyrrole nitrogens is 2. The monoisotopic (exact) mass is 1550 g/mol. The normalized spacial score (nSPS) is 15.5. The molecule has 1 aromatic heterocycles. The summed E-state index contributed by atoms with van der Waals surface area (Å²) in [5, 5.41) is 144. The van der Waals surface area contributed by atoms with Crippen LogP contribution in [0.1, 0.15) is 121 Å². The zero-order chi connectivity index (χ0) is 80.9. The number of aliphatic hydroxyl groups excluding tert-OH is 3. The maximum Gasteiger partial charge on any atom is 0.473 e.